The molecule has 1 fully saturated rings. The zero-order valence-electron chi connectivity index (χ0n) is 18.6. The summed E-state index contributed by atoms with van der Waals surface area (Å²) >= 11 is 0. The van der Waals surface area contributed by atoms with Crippen molar-refractivity contribution in [2.45, 2.75) is 44.1 Å². The van der Waals surface area contributed by atoms with Crippen LogP contribution in [0.15, 0.2) is 12.3 Å². The maximum absolute atomic E-state index is 11.7. The van der Waals surface area contributed by atoms with Gasteiger partial charge in [0.1, 0.15) is 11.6 Å². The molecule has 3 aromatic heterocycles. The first kappa shape index (κ1) is 15.0. The van der Waals surface area contributed by atoms with Gasteiger partial charge in [0.25, 0.3) is 0 Å². The summed E-state index contributed by atoms with van der Waals surface area (Å²) < 4.78 is 29.5. The number of aliphatic carboxylic acids is 1. The van der Waals surface area contributed by atoms with Crippen LogP contribution in [-0.2, 0) is 16.5 Å². The van der Waals surface area contributed by atoms with Gasteiger partial charge in [0.2, 0.25) is 0 Å². The molecule has 10 nitrogen and oxygen atoms in total. The van der Waals surface area contributed by atoms with Gasteiger partial charge in [-0.05, 0) is 32.6 Å². The van der Waals surface area contributed by atoms with E-state index in [2.05, 4.69) is 30.6 Å². The average Bonchev–Trinajstić information content (AvgIpc) is 3.33. The van der Waals surface area contributed by atoms with Gasteiger partial charge in [0.15, 0.2) is 17.1 Å². The number of carboxylic acids is 1. The molecular formula is C18H23N7O3. The molecule has 0 bridgehead atoms. The molecule has 3 N–H and O–H groups in total. The van der Waals surface area contributed by atoms with E-state index < -0.39 is 18.5 Å². The molecule has 3 aromatic rings. The van der Waals surface area contributed by atoms with E-state index in [-0.39, 0.29) is 11.6 Å². The van der Waals surface area contributed by atoms with E-state index in [0.29, 0.717) is 48.5 Å². The van der Waals surface area contributed by atoms with E-state index in [0.717, 1.165) is 10.4 Å². The fourth-order valence-corrected chi connectivity index (χ4v) is 3.65. The van der Waals surface area contributed by atoms with Crippen molar-refractivity contribution in [2.24, 2.45) is 6.98 Å². The summed E-state index contributed by atoms with van der Waals surface area (Å²) in [6, 6.07) is 1.79. The molecule has 0 aliphatic heterocycles. The van der Waals surface area contributed by atoms with Crippen LogP contribution in [0.25, 0.3) is 11.0 Å². The number of fused-ring (bicyclic) bond motifs is 1. The molecule has 0 aromatic carbocycles. The molecule has 148 valence electrons. The molecule has 4 rings (SSSR count). The van der Waals surface area contributed by atoms with Crippen LogP contribution in [0.3, 0.4) is 0 Å². The van der Waals surface area contributed by atoms with Crippen molar-refractivity contribution in [1.82, 2.24) is 29.9 Å². The molecule has 1 aliphatic carbocycles. The molecule has 3 heterocycles. The van der Waals surface area contributed by atoms with E-state index in [1.807, 2.05) is 6.92 Å². The fourth-order valence-electron chi connectivity index (χ4n) is 3.65. The molecule has 28 heavy (non-hydrogen) atoms. The second kappa shape index (κ2) is 6.86. The van der Waals surface area contributed by atoms with Crippen molar-refractivity contribution < 1.29 is 18.8 Å². The summed E-state index contributed by atoms with van der Waals surface area (Å²) in [7, 11) is 1.40. The van der Waals surface area contributed by atoms with Crippen molar-refractivity contribution in [3.8, 4) is 0 Å². The highest BCUT2D eigenvalue weighted by Crippen LogP contribution is 2.39. The van der Waals surface area contributed by atoms with Gasteiger partial charge in [0.05, 0.1) is 11.6 Å². The summed E-state index contributed by atoms with van der Waals surface area (Å²) in [5.74, 6) is 0.222. The topological polar surface area (TPSA) is 131 Å². The SMILES string of the molecule is [2H]C([2H])([2H])n1ncc2c(Nc3cc(C)[nH]n3)nc(C3CCC(OC)(C(=O)O)CC3)nc21. The Morgan fingerprint density at radius 1 is 1.46 bits per heavy atom. The Hall–Kier alpha value is -3.01. The number of ether oxygens (including phenoxy) is 1. The Balaban J connectivity index is 1.74. The summed E-state index contributed by atoms with van der Waals surface area (Å²) in [4.78, 5) is 20.8. The zero-order chi connectivity index (χ0) is 22.4. The lowest BCUT2D eigenvalue weighted by Crippen LogP contribution is -2.43. The lowest BCUT2D eigenvalue weighted by atomic mass is 9.78. The summed E-state index contributed by atoms with van der Waals surface area (Å²) in [6.45, 7) is -0.646. The third-order valence-corrected chi connectivity index (χ3v) is 5.34. The maximum Gasteiger partial charge on any atom is 0.335 e. The minimum absolute atomic E-state index is 0.145. The Morgan fingerprint density at radius 2 is 2.25 bits per heavy atom. The van der Waals surface area contributed by atoms with Crippen molar-refractivity contribution in [3.63, 3.8) is 0 Å². The van der Waals surface area contributed by atoms with Gasteiger partial charge in [-0.15, -0.1) is 0 Å². The minimum atomic E-state index is -2.51. The number of nitrogens with one attached hydrogen (secondary N) is 2. The number of rotatable bonds is 5. The molecule has 0 unspecified atom stereocenters. The summed E-state index contributed by atoms with van der Waals surface area (Å²) in [5, 5.41) is 24.1. The van der Waals surface area contributed by atoms with Crippen molar-refractivity contribution in [2.75, 3.05) is 12.4 Å². The van der Waals surface area contributed by atoms with Gasteiger partial charge in [0, 0.05) is 35.9 Å². The number of hydrogen-bond acceptors (Lipinski definition) is 7. The highest BCUT2D eigenvalue weighted by molar-refractivity contribution is 5.88. The van der Waals surface area contributed by atoms with E-state index in [1.165, 1.54) is 13.3 Å². The van der Waals surface area contributed by atoms with Gasteiger partial charge in [-0.25, -0.2) is 14.8 Å². The molecule has 0 saturated heterocycles. The first-order valence-corrected chi connectivity index (χ1v) is 8.97. The first-order valence-electron chi connectivity index (χ1n) is 10.5. The van der Waals surface area contributed by atoms with Crippen LogP contribution in [-0.4, -0.2) is 53.7 Å². The van der Waals surface area contributed by atoms with Crippen LogP contribution >= 0.6 is 0 Å². The van der Waals surface area contributed by atoms with Gasteiger partial charge >= 0.3 is 5.97 Å². The number of methoxy groups -OCH3 is 1. The number of anilines is 2. The standard InChI is InChI=1S/C18H23N7O3/c1-10-8-13(24-23-10)20-15-12-9-19-25(2)16(12)22-14(21-15)11-4-6-18(28-3,7-5-11)17(26)27/h8-9,11H,4-7H2,1-3H3,(H,26,27)(H2,20,21,22,23,24)/i2D3. The van der Waals surface area contributed by atoms with E-state index in [1.54, 1.807) is 6.07 Å². The van der Waals surface area contributed by atoms with Crippen LogP contribution in [0.5, 0.6) is 0 Å². The monoisotopic (exact) mass is 388 g/mol. The quantitative estimate of drug-likeness (QED) is 0.607. The molecule has 0 atom stereocenters. The van der Waals surface area contributed by atoms with Gasteiger partial charge in [-0.3, -0.25) is 9.78 Å². The highest BCUT2D eigenvalue weighted by atomic mass is 16.5. The third kappa shape index (κ3) is 3.09. The van der Waals surface area contributed by atoms with Crippen LogP contribution in [0, 0.1) is 6.92 Å². The predicted molar refractivity (Wildman–Crippen MR) is 101 cm³/mol. The van der Waals surface area contributed by atoms with Crippen molar-refractivity contribution >= 4 is 28.6 Å². The largest absolute Gasteiger partial charge is 0.479 e. The molecule has 1 saturated carbocycles. The number of hydrogen-bond donors (Lipinski definition) is 3. The van der Waals surface area contributed by atoms with Crippen LogP contribution in [0.4, 0.5) is 11.6 Å². The molecular weight excluding hydrogens is 362 g/mol. The number of aromatic amines is 1. The van der Waals surface area contributed by atoms with E-state index in [9.17, 15) is 9.90 Å². The number of nitrogens with zero attached hydrogens (tertiary/aromatic N) is 5. The van der Waals surface area contributed by atoms with Gasteiger partial charge < -0.3 is 15.2 Å². The number of aryl methyl sites for hydroxylation is 2. The Morgan fingerprint density at radius 3 is 2.86 bits per heavy atom. The Bertz CT molecular complexity index is 1120. The fraction of sp³-hybridized carbons (Fsp3) is 0.500. The predicted octanol–water partition coefficient (Wildman–Crippen LogP) is 2.27. The summed E-state index contributed by atoms with van der Waals surface area (Å²) in [6.07, 6.45) is 3.02. The lowest BCUT2D eigenvalue weighted by molar-refractivity contribution is -0.166. The average molecular weight is 388 g/mol. The molecule has 0 radical (unpaired) electrons. The van der Waals surface area contributed by atoms with E-state index in [4.69, 9.17) is 8.85 Å². The third-order valence-electron chi connectivity index (χ3n) is 5.34. The second-order valence-electron chi connectivity index (χ2n) is 7.06. The molecule has 1 aliphatic rings. The number of aromatic nitrogens is 6. The number of H-pyrrole nitrogens is 1. The lowest BCUT2D eigenvalue weighted by Gasteiger charge is -2.35. The van der Waals surface area contributed by atoms with Gasteiger partial charge in [-0.2, -0.15) is 10.2 Å². The number of carboxylic acid groups (broad SMARTS) is 1. The second-order valence-corrected chi connectivity index (χ2v) is 7.06. The smallest absolute Gasteiger partial charge is 0.335 e. The van der Waals surface area contributed by atoms with Crippen molar-refractivity contribution in [3.05, 3.63) is 23.8 Å². The van der Waals surface area contributed by atoms with Gasteiger partial charge in [-0.1, -0.05) is 0 Å². The molecule has 10 heteroatoms. The normalized spacial score (nSPS) is 24.5. The highest BCUT2D eigenvalue weighted by Gasteiger charge is 2.43. The summed E-state index contributed by atoms with van der Waals surface area (Å²) in [5.41, 5.74) is -0.182. The first-order chi connectivity index (χ1) is 14.6. The van der Waals surface area contributed by atoms with Crippen LogP contribution in [0.1, 0.15) is 47.2 Å². The van der Waals surface area contributed by atoms with Crippen LogP contribution in [0.2, 0.25) is 0 Å². The van der Waals surface area contributed by atoms with Crippen LogP contribution < -0.4 is 5.32 Å². The molecule has 0 spiro atoms. The van der Waals surface area contributed by atoms with Crippen molar-refractivity contribution in [1.29, 1.82) is 0 Å². The Kier molecular flexibility index (Phi) is 3.67. The Labute approximate surface area is 165 Å². The molecule has 0 amide bonds. The number of carbonyl (C=O) groups is 1. The zero-order valence-corrected chi connectivity index (χ0v) is 15.6. The minimum Gasteiger partial charge on any atom is -0.479 e. The van der Waals surface area contributed by atoms with E-state index >= 15 is 0 Å². The maximum atomic E-state index is 11.7.